The summed E-state index contributed by atoms with van der Waals surface area (Å²) in [6.07, 6.45) is 37.1. The average molecular weight is 551 g/mol. The molecule has 2 aliphatic rings. The first kappa shape index (κ1) is 34.0. The van der Waals surface area contributed by atoms with Crippen LogP contribution in [0.4, 0.5) is 0 Å². The first-order valence-electron chi connectivity index (χ1n) is 15.1. The molecule has 0 heterocycles. The summed E-state index contributed by atoms with van der Waals surface area (Å²) < 4.78 is 0. The van der Waals surface area contributed by atoms with E-state index in [4.69, 9.17) is 0 Å². The number of allylic oxidation sites excluding steroid dienone is 23. The van der Waals surface area contributed by atoms with E-state index in [1.165, 1.54) is 44.6 Å². The molecule has 0 aromatic rings. The van der Waals surface area contributed by atoms with Gasteiger partial charge in [-0.05, 0) is 88.4 Å². The molecule has 1 nitrogen and oxygen atoms in total. The topological polar surface area (TPSA) is 20.2 Å². The van der Waals surface area contributed by atoms with Gasteiger partial charge in [-0.25, -0.2) is 0 Å². The van der Waals surface area contributed by atoms with Crippen LogP contribution >= 0.6 is 0 Å². The second-order valence-electron chi connectivity index (χ2n) is 13.1. The lowest BCUT2D eigenvalue weighted by molar-refractivity contribution is 0.116. The molecule has 1 heteroatoms. The zero-order valence-electron chi connectivity index (χ0n) is 27.4. The van der Waals surface area contributed by atoms with E-state index in [0.29, 0.717) is 0 Å². The minimum atomic E-state index is -0.222. The Morgan fingerprint density at radius 1 is 0.683 bits per heavy atom. The summed E-state index contributed by atoms with van der Waals surface area (Å²) in [5.74, 6) is 0. The fourth-order valence-electron chi connectivity index (χ4n) is 5.57. The molecule has 2 rings (SSSR count). The summed E-state index contributed by atoms with van der Waals surface area (Å²) in [5, 5.41) is 10.1. The molecule has 0 unspecified atom stereocenters. The highest BCUT2D eigenvalue weighted by molar-refractivity contribution is 5.42. The highest BCUT2D eigenvalue weighted by Crippen LogP contribution is 2.41. The number of rotatable bonds is 10. The van der Waals surface area contributed by atoms with Gasteiger partial charge in [0.05, 0.1) is 6.10 Å². The van der Waals surface area contributed by atoms with Crippen molar-refractivity contribution < 1.29 is 5.11 Å². The number of hydrogen-bond donors (Lipinski definition) is 1. The van der Waals surface area contributed by atoms with Crippen LogP contribution in [0.3, 0.4) is 0 Å². The quantitative estimate of drug-likeness (QED) is 0.268. The lowest BCUT2D eigenvalue weighted by Gasteiger charge is -2.35. The molecule has 2 aliphatic carbocycles. The Bertz CT molecular complexity index is 1300. The van der Waals surface area contributed by atoms with Gasteiger partial charge in [0.15, 0.2) is 0 Å². The molecule has 0 aromatic carbocycles. The van der Waals surface area contributed by atoms with Gasteiger partial charge in [-0.3, -0.25) is 0 Å². The summed E-state index contributed by atoms with van der Waals surface area (Å²) >= 11 is 0. The Morgan fingerprint density at radius 2 is 1.15 bits per heavy atom. The fraction of sp³-hybridized carbons (Fsp3) is 0.400. The van der Waals surface area contributed by atoms with Crippen LogP contribution in [0.1, 0.15) is 88.5 Å². The summed E-state index contributed by atoms with van der Waals surface area (Å²) in [5.41, 5.74) is 10.5. The lowest BCUT2D eigenvalue weighted by Crippen LogP contribution is -2.28. The first-order chi connectivity index (χ1) is 19.2. The fourth-order valence-corrected chi connectivity index (χ4v) is 5.57. The lowest BCUT2D eigenvalue weighted by atomic mass is 9.71. The van der Waals surface area contributed by atoms with E-state index in [0.717, 1.165) is 19.3 Å². The van der Waals surface area contributed by atoms with Crippen molar-refractivity contribution in [2.24, 2.45) is 10.8 Å². The molecule has 0 fully saturated rings. The van der Waals surface area contributed by atoms with Gasteiger partial charge in [-0.2, -0.15) is 0 Å². The maximum atomic E-state index is 10.1. The molecule has 0 spiro atoms. The zero-order chi connectivity index (χ0) is 30.6. The third-order valence-electron chi connectivity index (χ3n) is 7.92. The largest absolute Gasteiger partial charge is 0.393 e. The third-order valence-corrected chi connectivity index (χ3v) is 7.92. The second kappa shape index (κ2) is 15.7. The van der Waals surface area contributed by atoms with Gasteiger partial charge in [-0.1, -0.05) is 153 Å². The zero-order valence-corrected chi connectivity index (χ0v) is 27.4. The van der Waals surface area contributed by atoms with Crippen molar-refractivity contribution in [3.8, 4) is 0 Å². The second-order valence-corrected chi connectivity index (χ2v) is 13.1. The minimum absolute atomic E-state index is 0.0110. The summed E-state index contributed by atoms with van der Waals surface area (Å²) in [6, 6.07) is 0. The third kappa shape index (κ3) is 11.7. The van der Waals surface area contributed by atoms with Crippen molar-refractivity contribution in [3.63, 3.8) is 0 Å². The van der Waals surface area contributed by atoms with Gasteiger partial charge in [0.1, 0.15) is 0 Å². The normalized spacial score (nSPS) is 23.1. The van der Waals surface area contributed by atoms with Crippen LogP contribution in [0.15, 0.2) is 142 Å². The molecule has 0 saturated heterocycles. The van der Waals surface area contributed by atoms with Crippen LogP contribution in [0, 0.1) is 10.8 Å². The SMILES string of the molecule is CC1=C(/C=C/C(C)=C\C=C/C(C)=C/C=C/C=C(C)/C=C\C=C(C)/C=C/C2=C(C)C[C@H](O)CC2(C)C)C(C)(C)CC=C1. The smallest absolute Gasteiger partial charge is 0.0585 e. The van der Waals surface area contributed by atoms with Crippen molar-refractivity contribution in [3.05, 3.63) is 142 Å². The van der Waals surface area contributed by atoms with E-state index >= 15 is 0 Å². The van der Waals surface area contributed by atoms with Gasteiger partial charge in [0.25, 0.3) is 0 Å². The summed E-state index contributed by atoms with van der Waals surface area (Å²) in [4.78, 5) is 0. The number of aliphatic hydroxyl groups is 1. The number of hydrogen-bond acceptors (Lipinski definition) is 1. The molecule has 41 heavy (non-hydrogen) atoms. The minimum Gasteiger partial charge on any atom is -0.393 e. The molecule has 220 valence electrons. The van der Waals surface area contributed by atoms with E-state index in [2.05, 4.69) is 166 Å². The number of aliphatic hydroxyl groups excluding tert-OH is 1. The Balaban J connectivity index is 1.90. The van der Waals surface area contributed by atoms with E-state index < -0.39 is 0 Å². The maximum Gasteiger partial charge on any atom is 0.0585 e. The maximum absolute atomic E-state index is 10.1. The van der Waals surface area contributed by atoms with Crippen molar-refractivity contribution in [2.75, 3.05) is 0 Å². The first-order valence-corrected chi connectivity index (χ1v) is 15.1. The standard InChI is InChI=1S/C40H54O/c1-30(18-13-20-32(3)23-25-37-34(5)22-15-27-39(37,7)8)16-11-12-17-31(2)19-14-21-33(4)24-26-38-35(6)28-36(41)29-40(38,9)10/h11-26,36,41H,27-29H2,1-10H3/b12-11+,18-13-,19-14-,25-23+,26-24+,30-16+,31-17+,32-20-,33-21-/t36-/m0/s1. The van der Waals surface area contributed by atoms with Crippen LogP contribution in [-0.4, -0.2) is 11.2 Å². The van der Waals surface area contributed by atoms with E-state index in [9.17, 15) is 5.11 Å². The van der Waals surface area contributed by atoms with Crippen LogP contribution in [0.5, 0.6) is 0 Å². The van der Waals surface area contributed by atoms with Crippen LogP contribution in [-0.2, 0) is 0 Å². The molecular weight excluding hydrogens is 496 g/mol. The molecule has 0 radical (unpaired) electrons. The van der Waals surface area contributed by atoms with E-state index in [1.807, 2.05) is 0 Å². The van der Waals surface area contributed by atoms with E-state index in [-0.39, 0.29) is 16.9 Å². The highest BCUT2D eigenvalue weighted by atomic mass is 16.3. The Morgan fingerprint density at radius 3 is 1.63 bits per heavy atom. The average Bonchev–Trinajstić information content (AvgIpc) is 2.84. The monoisotopic (exact) mass is 550 g/mol. The van der Waals surface area contributed by atoms with Gasteiger partial charge < -0.3 is 5.11 Å². The Hall–Kier alpha value is -3.16. The molecule has 1 N–H and O–H groups in total. The van der Waals surface area contributed by atoms with Crippen LogP contribution < -0.4 is 0 Å². The molecule has 1 atom stereocenters. The Kier molecular flexibility index (Phi) is 13.1. The van der Waals surface area contributed by atoms with Crippen molar-refractivity contribution in [2.45, 2.75) is 94.6 Å². The molecular formula is C40H54O. The molecule has 0 aromatic heterocycles. The molecule has 0 aliphatic heterocycles. The highest BCUT2D eigenvalue weighted by Gasteiger charge is 2.31. The summed E-state index contributed by atoms with van der Waals surface area (Å²) in [7, 11) is 0. The van der Waals surface area contributed by atoms with Gasteiger partial charge in [0, 0.05) is 0 Å². The summed E-state index contributed by atoms with van der Waals surface area (Å²) in [6.45, 7) is 21.9. The van der Waals surface area contributed by atoms with E-state index in [1.54, 1.807) is 0 Å². The van der Waals surface area contributed by atoms with Crippen LogP contribution in [0.25, 0.3) is 0 Å². The van der Waals surface area contributed by atoms with Crippen molar-refractivity contribution in [1.82, 2.24) is 0 Å². The van der Waals surface area contributed by atoms with Gasteiger partial charge >= 0.3 is 0 Å². The van der Waals surface area contributed by atoms with Gasteiger partial charge in [-0.15, -0.1) is 0 Å². The van der Waals surface area contributed by atoms with Crippen LogP contribution in [0.2, 0.25) is 0 Å². The van der Waals surface area contributed by atoms with Crippen molar-refractivity contribution in [1.29, 1.82) is 0 Å². The van der Waals surface area contributed by atoms with Gasteiger partial charge in [0.2, 0.25) is 0 Å². The molecule has 0 saturated carbocycles. The molecule has 0 bridgehead atoms. The predicted molar refractivity (Wildman–Crippen MR) is 183 cm³/mol. The van der Waals surface area contributed by atoms with Crippen molar-refractivity contribution >= 4 is 0 Å². The Labute approximate surface area is 251 Å². The predicted octanol–water partition coefficient (Wildman–Crippen LogP) is 11.4. The molecule has 0 amide bonds.